The van der Waals surface area contributed by atoms with Gasteiger partial charge in [0.25, 0.3) is 0 Å². The highest BCUT2D eigenvalue weighted by Crippen LogP contribution is 2.46. The Morgan fingerprint density at radius 1 is 0.420 bits per heavy atom. The fourth-order valence-electron chi connectivity index (χ4n) is 9.97. The zero-order valence-electron chi connectivity index (χ0n) is 39.4. The second-order valence-corrected chi connectivity index (χ2v) is 17.4. The van der Waals surface area contributed by atoms with Crippen LogP contribution in [0.1, 0.15) is 51.6 Å². The molecule has 69 heavy (non-hydrogen) atoms. The molecule has 10 heteroatoms. The topological polar surface area (TPSA) is 136 Å². The van der Waals surface area contributed by atoms with E-state index < -0.39 is 41.3 Å². The minimum Gasteiger partial charge on any atom is -0.496 e. The lowest BCUT2D eigenvalue weighted by Crippen LogP contribution is -2.51. The van der Waals surface area contributed by atoms with Crippen LogP contribution in [-0.4, -0.2) is 74.8 Å². The van der Waals surface area contributed by atoms with Gasteiger partial charge in [-0.05, 0) is 68.1 Å². The molecule has 0 heterocycles. The third-order valence-corrected chi connectivity index (χ3v) is 13.1. The van der Waals surface area contributed by atoms with Gasteiger partial charge in [0.05, 0.1) is 39.6 Å². The van der Waals surface area contributed by atoms with Crippen molar-refractivity contribution in [1.29, 1.82) is 0 Å². The van der Waals surface area contributed by atoms with Crippen LogP contribution < -0.4 is 29.6 Å². The van der Waals surface area contributed by atoms with E-state index in [1.165, 1.54) is 0 Å². The molecule has 0 radical (unpaired) electrons. The molecule has 4 N–H and O–H groups in total. The summed E-state index contributed by atoms with van der Waals surface area (Å²) in [5.74, 6) is -0.444. The summed E-state index contributed by atoms with van der Waals surface area (Å²) in [7, 11) is 6.35. The largest absolute Gasteiger partial charge is 0.496 e. The molecule has 8 aromatic rings. The third kappa shape index (κ3) is 10.4. The first-order chi connectivity index (χ1) is 33.6. The molecule has 0 saturated heterocycles. The highest BCUT2D eigenvalue weighted by atomic mass is 16.5. The molecule has 8 rings (SSSR count). The van der Waals surface area contributed by atoms with Gasteiger partial charge in [0.15, 0.2) is 0 Å². The van der Waals surface area contributed by atoms with Gasteiger partial charge in [-0.1, -0.05) is 158 Å². The number of hydrogen-bond donors (Lipinski definition) is 4. The molecular formula is C59H58N2O8. The zero-order chi connectivity index (χ0) is 48.4. The second kappa shape index (κ2) is 21.5. The standard InChI is InChI=1S/C59H58N2O8/c1-66-50-31-13-7-21-42(50)36-58(64,56(48-27-11-15-33-52(48)68-3)46-29-17-23-40-19-5-9-25-44(40)46)38-60-54(62)35-55(63)61-39-59(65,37-43-22-8-14-32-51(43)67-2)57(49-28-12-16-34-53(49)69-4)47-30-18-24-41-20-6-10-26-45(41)47/h5-34,56-57,64-65H,35-39H2,1-4H3,(H,60,62)(H,61,63). The molecule has 2 amide bonds. The van der Waals surface area contributed by atoms with Gasteiger partial charge in [0, 0.05) is 48.9 Å². The van der Waals surface area contributed by atoms with Gasteiger partial charge >= 0.3 is 0 Å². The van der Waals surface area contributed by atoms with E-state index in [1.54, 1.807) is 28.4 Å². The normalized spacial score (nSPS) is 13.9. The van der Waals surface area contributed by atoms with Crippen molar-refractivity contribution in [2.75, 3.05) is 41.5 Å². The van der Waals surface area contributed by atoms with Gasteiger partial charge in [0.1, 0.15) is 29.4 Å². The first-order valence-electron chi connectivity index (χ1n) is 23.0. The van der Waals surface area contributed by atoms with E-state index in [1.807, 2.05) is 182 Å². The Kier molecular flexibility index (Phi) is 14.9. The summed E-state index contributed by atoms with van der Waals surface area (Å²) in [4.78, 5) is 28.4. The number of carbonyl (C=O) groups is 2. The molecule has 8 aromatic carbocycles. The Morgan fingerprint density at radius 2 is 0.739 bits per heavy atom. The number of methoxy groups -OCH3 is 4. The number of ether oxygens (including phenoxy) is 4. The van der Waals surface area contributed by atoms with Crippen molar-refractivity contribution < 1.29 is 38.7 Å². The maximum atomic E-state index is 14.2. The fraction of sp³-hybridized carbons (Fsp3) is 0.220. The van der Waals surface area contributed by atoms with Crippen molar-refractivity contribution in [3.05, 3.63) is 215 Å². The van der Waals surface area contributed by atoms with Gasteiger partial charge in [-0.3, -0.25) is 9.59 Å². The van der Waals surface area contributed by atoms with Crippen molar-refractivity contribution in [2.45, 2.75) is 42.3 Å². The van der Waals surface area contributed by atoms with Crippen molar-refractivity contribution >= 4 is 33.4 Å². The molecule has 0 bridgehead atoms. The van der Waals surface area contributed by atoms with Gasteiger partial charge in [-0.25, -0.2) is 0 Å². The minimum atomic E-state index is -1.71. The van der Waals surface area contributed by atoms with Crippen molar-refractivity contribution in [2.24, 2.45) is 0 Å². The van der Waals surface area contributed by atoms with Crippen LogP contribution in [0.4, 0.5) is 0 Å². The average molecular weight is 923 g/mol. The van der Waals surface area contributed by atoms with Crippen LogP contribution in [0.2, 0.25) is 0 Å². The summed E-state index contributed by atoms with van der Waals surface area (Å²) < 4.78 is 23.4. The third-order valence-electron chi connectivity index (χ3n) is 13.1. The van der Waals surface area contributed by atoms with Crippen molar-refractivity contribution in [3.8, 4) is 23.0 Å². The number of hydrogen-bond acceptors (Lipinski definition) is 8. The Balaban J connectivity index is 1.13. The van der Waals surface area contributed by atoms with Crippen LogP contribution in [0.5, 0.6) is 23.0 Å². The summed E-state index contributed by atoms with van der Waals surface area (Å²) in [5.41, 5.74) is 1.10. The number of carbonyl (C=O) groups excluding carboxylic acids is 2. The SMILES string of the molecule is COc1ccccc1CC(O)(CNC(=O)CC(=O)NCC(O)(Cc1ccccc1OC)C(c1ccccc1OC)c1cccc2ccccc12)C(c1ccccc1OC)c1cccc2ccccc12. The summed E-state index contributed by atoms with van der Waals surface area (Å²) >= 11 is 0. The van der Waals surface area contributed by atoms with Crippen LogP contribution in [-0.2, 0) is 22.4 Å². The van der Waals surface area contributed by atoms with Crippen LogP contribution in [0.3, 0.4) is 0 Å². The van der Waals surface area contributed by atoms with Crippen molar-refractivity contribution in [3.63, 3.8) is 0 Å². The minimum absolute atomic E-state index is 0.0594. The Labute approximate surface area is 403 Å². The van der Waals surface area contributed by atoms with Gasteiger partial charge in [-0.15, -0.1) is 0 Å². The molecule has 4 unspecified atom stereocenters. The Bertz CT molecular complexity index is 2850. The summed E-state index contributed by atoms with van der Waals surface area (Å²) in [6, 6.07) is 58.0. The smallest absolute Gasteiger partial charge is 0.229 e. The zero-order valence-corrected chi connectivity index (χ0v) is 39.4. The molecule has 0 spiro atoms. The molecule has 0 aromatic heterocycles. The molecule has 352 valence electrons. The number of para-hydroxylation sites is 4. The number of benzene rings is 8. The molecule has 0 saturated carbocycles. The number of aliphatic hydroxyl groups is 2. The van der Waals surface area contributed by atoms with Crippen LogP contribution in [0.15, 0.2) is 182 Å². The second-order valence-electron chi connectivity index (χ2n) is 17.4. The predicted octanol–water partition coefficient (Wildman–Crippen LogP) is 9.56. The quantitative estimate of drug-likeness (QED) is 0.0556. The first kappa shape index (κ1) is 47.8. The lowest BCUT2D eigenvalue weighted by molar-refractivity contribution is -0.130. The summed E-state index contributed by atoms with van der Waals surface area (Å²) in [6.45, 7) is -0.504. The molecule has 0 aliphatic carbocycles. The van der Waals surface area contributed by atoms with Crippen LogP contribution in [0.25, 0.3) is 21.5 Å². The maximum absolute atomic E-state index is 14.2. The molecule has 4 atom stereocenters. The first-order valence-corrected chi connectivity index (χ1v) is 23.0. The highest BCUT2D eigenvalue weighted by molar-refractivity contribution is 5.97. The van der Waals surface area contributed by atoms with Crippen LogP contribution >= 0.6 is 0 Å². The lowest BCUT2D eigenvalue weighted by Gasteiger charge is -2.39. The Hall–Kier alpha value is -7.66. The molecular weight excluding hydrogens is 865 g/mol. The maximum Gasteiger partial charge on any atom is 0.229 e. The molecule has 0 fully saturated rings. The lowest BCUT2D eigenvalue weighted by atomic mass is 9.72. The number of fused-ring (bicyclic) bond motifs is 2. The number of rotatable bonds is 20. The monoisotopic (exact) mass is 922 g/mol. The molecule has 0 aliphatic rings. The van der Waals surface area contributed by atoms with E-state index in [9.17, 15) is 19.8 Å². The van der Waals surface area contributed by atoms with E-state index in [0.29, 0.717) is 34.1 Å². The van der Waals surface area contributed by atoms with E-state index in [2.05, 4.69) is 10.6 Å². The van der Waals surface area contributed by atoms with E-state index >= 15 is 0 Å². The molecule has 0 aliphatic heterocycles. The number of nitrogens with one attached hydrogen (secondary N) is 2. The van der Waals surface area contributed by atoms with Gasteiger partial charge in [-0.2, -0.15) is 0 Å². The number of amides is 2. The van der Waals surface area contributed by atoms with Crippen LogP contribution in [0, 0.1) is 0 Å². The summed E-state index contributed by atoms with van der Waals surface area (Å²) in [6.07, 6.45) is -0.468. The van der Waals surface area contributed by atoms with E-state index in [0.717, 1.165) is 43.8 Å². The highest BCUT2D eigenvalue weighted by Gasteiger charge is 2.44. The molecule has 10 nitrogen and oxygen atoms in total. The van der Waals surface area contributed by atoms with Gasteiger partial charge < -0.3 is 39.8 Å². The van der Waals surface area contributed by atoms with Crippen molar-refractivity contribution in [1.82, 2.24) is 10.6 Å². The predicted molar refractivity (Wildman–Crippen MR) is 272 cm³/mol. The van der Waals surface area contributed by atoms with E-state index in [4.69, 9.17) is 18.9 Å². The van der Waals surface area contributed by atoms with Gasteiger partial charge in [0.2, 0.25) is 11.8 Å². The Morgan fingerprint density at radius 3 is 1.14 bits per heavy atom. The van der Waals surface area contributed by atoms with E-state index in [-0.39, 0.29) is 25.9 Å². The average Bonchev–Trinajstić information content (AvgIpc) is 3.38. The summed E-state index contributed by atoms with van der Waals surface area (Å²) in [5, 5.41) is 36.6. The fourth-order valence-corrected chi connectivity index (χ4v) is 9.97.